The van der Waals surface area contributed by atoms with Gasteiger partial charge in [-0.3, -0.25) is 0 Å². The molecule has 2 rings (SSSR count). The molecule has 0 spiro atoms. The van der Waals surface area contributed by atoms with Crippen LogP contribution in [0.1, 0.15) is 15.2 Å². The molecule has 2 N–H and O–H groups in total. The van der Waals surface area contributed by atoms with Crippen molar-refractivity contribution >= 4 is 33.4 Å². The second-order valence-corrected chi connectivity index (χ2v) is 4.63. The smallest absolute Gasteiger partial charge is 0.379 e. The number of hydrogen-bond acceptors (Lipinski definition) is 3. The van der Waals surface area contributed by atoms with Gasteiger partial charge >= 0.3 is 17.9 Å². The molecule has 0 aliphatic carbocycles. The van der Waals surface area contributed by atoms with Gasteiger partial charge in [-0.1, -0.05) is 12.1 Å². The van der Waals surface area contributed by atoms with Gasteiger partial charge < -0.3 is 10.2 Å². The lowest BCUT2D eigenvalue weighted by molar-refractivity contribution is -0.166. The Bertz CT molecular complexity index is 648. The minimum Gasteiger partial charge on any atom is -0.477 e. The molecule has 18 heavy (non-hydrogen) atoms. The monoisotopic (exact) mass is 272 g/mol. The van der Waals surface area contributed by atoms with Crippen molar-refractivity contribution in [2.24, 2.45) is 0 Å². The molecule has 0 saturated heterocycles. The largest absolute Gasteiger partial charge is 0.477 e. The number of benzene rings is 1. The summed E-state index contributed by atoms with van der Waals surface area (Å²) in [6.07, 6.45) is 0. The van der Waals surface area contributed by atoms with Crippen molar-refractivity contribution in [3.8, 4) is 0 Å². The number of fused-ring (bicyclic) bond motifs is 1. The fourth-order valence-electron chi connectivity index (χ4n) is 1.46. The van der Waals surface area contributed by atoms with E-state index in [9.17, 15) is 18.4 Å². The standard InChI is InChI=1S/C11H6F2O4S/c12-11(13,10(16)17)6-2-1-5-3-8(9(14)15)18-7(5)4-6/h1-4H,(H,14,15)(H,16,17). The lowest BCUT2D eigenvalue weighted by Crippen LogP contribution is -2.25. The second kappa shape index (κ2) is 4.02. The van der Waals surface area contributed by atoms with Gasteiger partial charge in [-0.25, -0.2) is 9.59 Å². The van der Waals surface area contributed by atoms with Crippen LogP contribution < -0.4 is 0 Å². The van der Waals surface area contributed by atoms with Crippen molar-refractivity contribution in [3.05, 3.63) is 34.7 Å². The van der Waals surface area contributed by atoms with Gasteiger partial charge in [0.1, 0.15) is 4.88 Å². The first-order valence-corrected chi connectivity index (χ1v) is 5.52. The molecule has 0 fully saturated rings. The number of aliphatic carboxylic acids is 1. The summed E-state index contributed by atoms with van der Waals surface area (Å²) in [7, 11) is 0. The maximum absolute atomic E-state index is 13.3. The summed E-state index contributed by atoms with van der Waals surface area (Å²) >= 11 is 0.822. The summed E-state index contributed by atoms with van der Waals surface area (Å²) in [5.41, 5.74) is -0.665. The first-order valence-electron chi connectivity index (χ1n) is 4.71. The lowest BCUT2D eigenvalue weighted by atomic mass is 10.1. The van der Waals surface area contributed by atoms with Gasteiger partial charge in [0, 0.05) is 10.3 Å². The molecule has 1 heterocycles. The molecule has 7 heteroatoms. The number of alkyl halides is 2. The van der Waals surface area contributed by atoms with Gasteiger partial charge in [-0.2, -0.15) is 8.78 Å². The van der Waals surface area contributed by atoms with E-state index < -0.39 is 23.4 Å². The van der Waals surface area contributed by atoms with Gasteiger partial charge in [-0.05, 0) is 17.5 Å². The van der Waals surface area contributed by atoms with Crippen molar-refractivity contribution in [1.82, 2.24) is 0 Å². The van der Waals surface area contributed by atoms with Crippen LogP contribution in [0.15, 0.2) is 24.3 Å². The molecule has 0 bridgehead atoms. The predicted octanol–water partition coefficient (Wildman–Crippen LogP) is 2.78. The van der Waals surface area contributed by atoms with Crippen LogP contribution in [-0.2, 0) is 10.7 Å². The van der Waals surface area contributed by atoms with Crippen molar-refractivity contribution < 1.29 is 28.6 Å². The molecule has 94 valence electrons. The van der Waals surface area contributed by atoms with Crippen LogP contribution in [0.2, 0.25) is 0 Å². The highest BCUT2D eigenvalue weighted by Gasteiger charge is 2.41. The Balaban J connectivity index is 2.57. The molecule has 0 aliphatic rings. The van der Waals surface area contributed by atoms with Crippen LogP contribution in [0.3, 0.4) is 0 Å². The Morgan fingerprint density at radius 1 is 1.17 bits per heavy atom. The van der Waals surface area contributed by atoms with Crippen molar-refractivity contribution in [2.75, 3.05) is 0 Å². The van der Waals surface area contributed by atoms with Crippen LogP contribution in [0.25, 0.3) is 10.1 Å². The zero-order chi connectivity index (χ0) is 13.5. The molecule has 1 aromatic heterocycles. The number of carboxylic acid groups (broad SMARTS) is 2. The Hall–Kier alpha value is -2.02. The topological polar surface area (TPSA) is 74.6 Å². The fourth-order valence-corrected chi connectivity index (χ4v) is 2.40. The number of carbonyl (C=O) groups is 2. The van der Waals surface area contributed by atoms with Crippen molar-refractivity contribution in [1.29, 1.82) is 0 Å². The van der Waals surface area contributed by atoms with Gasteiger partial charge in [0.2, 0.25) is 0 Å². The molecule has 0 saturated carbocycles. The zero-order valence-electron chi connectivity index (χ0n) is 8.68. The number of aromatic carboxylic acids is 1. The average molecular weight is 272 g/mol. The Morgan fingerprint density at radius 2 is 1.83 bits per heavy atom. The Labute approximate surface area is 103 Å². The molecule has 0 aliphatic heterocycles. The molecular weight excluding hydrogens is 266 g/mol. The highest BCUT2D eigenvalue weighted by atomic mass is 32.1. The minimum absolute atomic E-state index is 0.0146. The van der Waals surface area contributed by atoms with Crippen LogP contribution in [0.5, 0.6) is 0 Å². The summed E-state index contributed by atoms with van der Waals surface area (Å²) in [6.45, 7) is 0. The zero-order valence-corrected chi connectivity index (χ0v) is 9.50. The SMILES string of the molecule is O=C(O)c1cc2ccc(C(F)(F)C(=O)O)cc2s1. The van der Waals surface area contributed by atoms with Gasteiger partial charge in [0.15, 0.2) is 0 Å². The third-order valence-electron chi connectivity index (χ3n) is 2.36. The van der Waals surface area contributed by atoms with Crippen LogP contribution in [0, 0.1) is 0 Å². The van der Waals surface area contributed by atoms with Gasteiger partial charge in [-0.15, -0.1) is 11.3 Å². The molecule has 0 radical (unpaired) electrons. The van der Waals surface area contributed by atoms with Crippen LogP contribution in [0.4, 0.5) is 8.78 Å². The molecule has 1 aromatic carbocycles. The third kappa shape index (κ3) is 1.92. The van der Waals surface area contributed by atoms with E-state index in [2.05, 4.69) is 0 Å². The van der Waals surface area contributed by atoms with E-state index in [0.717, 1.165) is 23.5 Å². The first-order chi connectivity index (χ1) is 8.32. The molecule has 4 nitrogen and oxygen atoms in total. The number of hydrogen-bond donors (Lipinski definition) is 2. The van der Waals surface area contributed by atoms with E-state index in [4.69, 9.17) is 10.2 Å². The maximum atomic E-state index is 13.3. The lowest BCUT2D eigenvalue weighted by Gasteiger charge is -2.10. The quantitative estimate of drug-likeness (QED) is 0.900. The van der Waals surface area contributed by atoms with E-state index in [1.165, 1.54) is 12.1 Å². The maximum Gasteiger partial charge on any atom is 0.379 e. The molecule has 0 amide bonds. The van der Waals surface area contributed by atoms with E-state index in [1.807, 2.05) is 0 Å². The fraction of sp³-hybridized carbons (Fsp3) is 0.0909. The number of rotatable bonds is 3. The van der Waals surface area contributed by atoms with E-state index in [-0.39, 0.29) is 4.88 Å². The Morgan fingerprint density at radius 3 is 2.39 bits per heavy atom. The van der Waals surface area contributed by atoms with Crippen LogP contribution >= 0.6 is 11.3 Å². The summed E-state index contributed by atoms with van der Waals surface area (Å²) < 4.78 is 26.8. The van der Waals surface area contributed by atoms with E-state index in [0.29, 0.717) is 10.1 Å². The molecule has 0 unspecified atom stereocenters. The number of carboxylic acids is 2. The first kappa shape index (κ1) is 12.4. The van der Waals surface area contributed by atoms with Gasteiger partial charge in [0.25, 0.3) is 0 Å². The average Bonchev–Trinajstić information content (AvgIpc) is 2.71. The number of thiophene rings is 1. The normalized spacial score (nSPS) is 11.7. The second-order valence-electron chi connectivity index (χ2n) is 3.55. The minimum atomic E-state index is -3.98. The van der Waals surface area contributed by atoms with Crippen molar-refractivity contribution in [2.45, 2.75) is 5.92 Å². The van der Waals surface area contributed by atoms with E-state index >= 15 is 0 Å². The third-order valence-corrected chi connectivity index (χ3v) is 3.45. The molecule has 2 aromatic rings. The van der Waals surface area contributed by atoms with Gasteiger partial charge in [0.05, 0.1) is 0 Å². The predicted molar refractivity (Wildman–Crippen MR) is 60.3 cm³/mol. The highest BCUT2D eigenvalue weighted by molar-refractivity contribution is 7.20. The molecular formula is C11H6F2O4S. The summed E-state index contributed by atoms with van der Waals surface area (Å²) in [6, 6.07) is 4.62. The molecule has 0 atom stereocenters. The van der Waals surface area contributed by atoms with E-state index in [1.54, 1.807) is 0 Å². The summed E-state index contributed by atoms with van der Waals surface area (Å²) in [5, 5.41) is 17.7. The Kier molecular flexibility index (Phi) is 2.78. The highest BCUT2D eigenvalue weighted by Crippen LogP contribution is 2.33. The number of halogens is 2. The van der Waals surface area contributed by atoms with Crippen LogP contribution in [-0.4, -0.2) is 22.2 Å². The summed E-state index contributed by atoms with van der Waals surface area (Å²) in [4.78, 5) is 21.2. The summed E-state index contributed by atoms with van der Waals surface area (Å²) in [5.74, 6) is -7.37. The van der Waals surface area contributed by atoms with Crippen molar-refractivity contribution in [3.63, 3.8) is 0 Å².